The fourth-order valence-electron chi connectivity index (χ4n) is 0.148. The molecule has 0 saturated carbocycles. The van der Waals surface area contributed by atoms with Gasteiger partial charge in [0.2, 0.25) is 0 Å². The third kappa shape index (κ3) is 22.8. The second-order valence-electron chi connectivity index (χ2n) is 0.957. The van der Waals surface area contributed by atoms with Crippen LogP contribution in [0.25, 0.3) is 0 Å². The summed E-state index contributed by atoms with van der Waals surface area (Å²) in [6, 6.07) is 0. The predicted molar refractivity (Wildman–Crippen MR) is 45.2 cm³/mol. The molecule has 0 unspecified atom stereocenters. The van der Waals surface area contributed by atoms with Crippen molar-refractivity contribution >= 4 is 42.0 Å². The van der Waals surface area contributed by atoms with E-state index in [9.17, 15) is 0 Å². The standard InChI is InChI=1S/C5H5Cl2.2ClH.Pt/c1-2-3-4-5(6)7;;;/h1-5H;2*1H;/q-1;;;+2/p-2. The maximum atomic E-state index is 5.26. The zero-order valence-electron chi connectivity index (χ0n) is 4.71. The molecule has 0 amide bonds. The van der Waals surface area contributed by atoms with Crippen LogP contribution in [0.1, 0.15) is 0 Å². The van der Waals surface area contributed by atoms with Gasteiger partial charge in [-0.1, -0.05) is 0 Å². The molecule has 0 aromatic rings. The van der Waals surface area contributed by atoms with Gasteiger partial charge in [-0.05, 0) is 0 Å². The molecule has 0 aromatic heterocycles. The Labute approximate surface area is 87.6 Å². The van der Waals surface area contributed by atoms with Crippen molar-refractivity contribution in [2.45, 2.75) is 4.84 Å². The summed E-state index contributed by atoms with van der Waals surface area (Å²) in [5.41, 5.74) is 0. The molecule has 0 spiro atoms. The molecule has 0 aliphatic rings. The topological polar surface area (TPSA) is 0 Å². The molecular weight excluding hydrogens is 397 g/mol. The molecule has 64 valence electrons. The van der Waals surface area contributed by atoms with Crippen molar-refractivity contribution in [1.29, 1.82) is 0 Å². The first-order valence-corrected chi connectivity index (χ1v) is 8.51. The Balaban J connectivity index is 0. The van der Waals surface area contributed by atoms with Gasteiger partial charge in [0.15, 0.2) is 0 Å². The molecule has 0 N–H and O–H groups in total. The number of hydrogen-bond acceptors (Lipinski definition) is 0. The van der Waals surface area contributed by atoms with Crippen LogP contribution in [-0.4, -0.2) is 4.84 Å². The average molecular weight is 402 g/mol. The third-order valence-corrected chi connectivity index (χ3v) is 0.659. The van der Waals surface area contributed by atoms with Crippen LogP contribution in [0.4, 0.5) is 0 Å². The summed E-state index contributed by atoms with van der Waals surface area (Å²) in [5.74, 6) is 0. The zero-order chi connectivity index (χ0) is 8.41. The van der Waals surface area contributed by atoms with Gasteiger partial charge in [0, 0.05) is 0 Å². The number of halogens is 4. The monoisotopic (exact) mass is 400 g/mol. The summed E-state index contributed by atoms with van der Waals surface area (Å²) in [6.07, 6.45) is 4.53. The van der Waals surface area contributed by atoms with Crippen molar-refractivity contribution in [3.05, 3.63) is 24.8 Å². The van der Waals surface area contributed by atoms with Gasteiger partial charge in [-0.3, -0.25) is 6.58 Å². The molecule has 0 aliphatic carbocycles. The van der Waals surface area contributed by atoms with E-state index in [4.69, 9.17) is 48.6 Å². The first-order chi connectivity index (χ1) is 4.68. The number of allylic oxidation sites excluding steroid dienone is 3. The van der Waals surface area contributed by atoms with Crippen molar-refractivity contribution in [2.24, 2.45) is 0 Å². The van der Waals surface area contributed by atoms with E-state index in [1.165, 1.54) is 6.08 Å². The second-order valence-corrected chi connectivity index (χ2v) is 5.40. The quantitative estimate of drug-likeness (QED) is 0.376. The number of hydrogen-bond donors (Lipinski definition) is 0. The molecule has 0 heterocycles. The fraction of sp³-hybridized carbons (Fsp3) is 0.200. The van der Waals surface area contributed by atoms with E-state index in [0.29, 0.717) is 0 Å². The summed E-state index contributed by atoms with van der Waals surface area (Å²) in [6.45, 7) is 4.95. The Morgan fingerprint density at radius 2 is 1.70 bits per heavy atom. The van der Waals surface area contributed by atoms with Gasteiger partial charge in [-0.15, -0.1) is 29.3 Å². The molecular formula is C5H5Cl4Pt-. The third-order valence-electron chi connectivity index (χ3n) is 0.368. The van der Waals surface area contributed by atoms with Gasteiger partial charge in [0.25, 0.3) is 0 Å². The summed E-state index contributed by atoms with van der Waals surface area (Å²) in [5, 5.41) is 0. The Bertz CT molecular complexity index is 91.6. The van der Waals surface area contributed by atoms with Crippen molar-refractivity contribution in [3.8, 4) is 0 Å². The van der Waals surface area contributed by atoms with Gasteiger partial charge in [-0.25, -0.2) is 12.2 Å². The molecule has 5 heteroatoms. The fourth-order valence-corrected chi connectivity index (χ4v) is 0.316. The molecule has 0 saturated heterocycles. The van der Waals surface area contributed by atoms with Crippen molar-refractivity contribution in [1.82, 2.24) is 0 Å². The van der Waals surface area contributed by atoms with Crippen LogP contribution in [0.5, 0.6) is 0 Å². The molecule has 0 rings (SSSR count). The minimum atomic E-state index is -0.472. The van der Waals surface area contributed by atoms with Crippen molar-refractivity contribution < 1.29 is 16.5 Å². The average Bonchev–Trinajstić information content (AvgIpc) is 1.85. The first kappa shape index (κ1) is 13.9. The van der Waals surface area contributed by atoms with E-state index in [2.05, 4.69) is 0 Å². The molecule has 0 bridgehead atoms. The molecule has 0 fully saturated rings. The van der Waals surface area contributed by atoms with Gasteiger partial charge in [0.05, 0.1) is 0 Å². The number of alkyl halides is 2. The van der Waals surface area contributed by atoms with E-state index < -0.39 is 21.3 Å². The van der Waals surface area contributed by atoms with Crippen LogP contribution in [-0.2, 0) is 16.5 Å². The summed E-state index contributed by atoms with van der Waals surface area (Å²) >= 11 is 10.0. The van der Waals surface area contributed by atoms with Crippen molar-refractivity contribution in [2.75, 3.05) is 0 Å². The SMILES string of the molecule is [CH-]=CC=CC(Cl)Cl.[Cl][Pt][Cl]. The Kier molecular flexibility index (Phi) is 18.0. The summed E-state index contributed by atoms with van der Waals surface area (Å²) in [7, 11) is 9.75. The van der Waals surface area contributed by atoms with Crippen molar-refractivity contribution in [3.63, 3.8) is 0 Å². The Morgan fingerprint density at radius 3 is 1.80 bits per heavy atom. The van der Waals surface area contributed by atoms with Crippen LogP contribution in [0.3, 0.4) is 0 Å². The van der Waals surface area contributed by atoms with E-state index >= 15 is 0 Å². The molecule has 0 radical (unpaired) electrons. The van der Waals surface area contributed by atoms with Crippen LogP contribution in [0, 0.1) is 6.58 Å². The van der Waals surface area contributed by atoms with Crippen LogP contribution >= 0.6 is 42.0 Å². The van der Waals surface area contributed by atoms with E-state index in [-0.39, 0.29) is 0 Å². The maximum absolute atomic E-state index is 5.26. The van der Waals surface area contributed by atoms with Gasteiger partial charge in [-0.2, -0.15) is 0 Å². The second kappa shape index (κ2) is 13.0. The van der Waals surface area contributed by atoms with E-state index in [1.807, 2.05) is 0 Å². The van der Waals surface area contributed by atoms with E-state index in [0.717, 1.165) is 0 Å². The minimum absolute atomic E-state index is 0.445. The van der Waals surface area contributed by atoms with Crippen LogP contribution in [0.15, 0.2) is 18.2 Å². The van der Waals surface area contributed by atoms with E-state index in [1.54, 1.807) is 12.2 Å². The number of rotatable bonds is 2. The zero-order valence-corrected chi connectivity index (χ0v) is 10.0. The molecule has 10 heavy (non-hydrogen) atoms. The molecule has 0 atom stereocenters. The van der Waals surface area contributed by atoms with Gasteiger partial charge < -0.3 is 0 Å². The Morgan fingerprint density at radius 1 is 1.30 bits per heavy atom. The van der Waals surface area contributed by atoms with Gasteiger partial charge >= 0.3 is 35.3 Å². The Hall–Kier alpha value is 1.33. The summed E-state index contributed by atoms with van der Waals surface area (Å²) in [4.78, 5) is -0.445. The first-order valence-electron chi connectivity index (χ1n) is 2.01. The van der Waals surface area contributed by atoms with Crippen LogP contribution in [0.2, 0.25) is 0 Å². The summed E-state index contributed by atoms with van der Waals surface area (Å²) < 4.78 is 0. The van der Waals surface area contributed by atoms with Gasteiger partial charge in [0.1, 0.15) is 4.84 Å². The molecule has 0 nitrogen and oxygen atoms in total. The molecule has 0 aliphatic heterocycles. The predicted octanol–water partition coefficient (Wildman–Crippen LogP) is 3.71. The van der Waals surface area contributed by atoms with Crippen LogP contribution < -0.4 is 0 Å². The normalized spacial score (nSPS) is 9.70. The molecule has 0 aromatic carbocycles.